The number of carboxylic acid groups (broad SMARTS) is 1. The van der Waals surface area contributed by atoms with Gasteiger partial charge in [0.1, 0.15) is 5.75 Å². The minimum absolute atomic E-state index is 0.361. The SMILES string of the molecule is O=C(O)COc1ccccc1/C=N/NC(=O)c1ccc(Cl)cc1. The number of carbonyl (C=O) groups is 2. The van der Waals surface area contributed by atoms with Crippen LogP contribution in [0.5, 0.6) is 5.75 Å². The first-order chi connectivity index (χ1) is 11.1. The van der Waals surface area contributed by atoms with Gasteiger partial charge < -0.3 is 9.84 Å². The summed E-state index contributed by atoms with van der Waals surface area (Å²) in [7, 11) is 0. The molecule has 23 heavy (non-hydrogen) atoms. The maximum Gasteiger partial charge on any atom is 0.341 e. The van der Waals surface area contributed by atoms with Crippen molar-refractivity contribution >= 4 is 29.7 Å². The molecular formula is C16H13ClN2O4. The molecule has 2 N–H and O–H groups in total. The summed E-state index contributed by atoms with van der Waals surface area (Å²) in [6, 6.07) is 13.1. The summed E-state index contributed by atoms with van der Waals surface area (Å²) in [5, 5.41) is 13.0. The van der Waals surface area contributed by atoms with Crippen molar-refractivity contribution < 1.29 is 19.4 Å². The van der Waals surface area contributed by atoms with Crippen LogP contribution in [0.3, 0.4) is 0 Å². The van der Waals surface area contributed by atoms with Gasteiger partial charge in [-0.3, -0.25) is 4.79 Å². The lowest BCUT2D eigenvalue weighted by Crippen LogP contribution is -2.17. The molecular weight excluding hydrogens is 320 g/mol. The number of hydrazone groups is 1. The molecule has 2 aromatic carbocycles. The smallest absolute Gasteiger partial charge is 0.341 e. The van der Waals surface area contributed by atoms with E-state index < -0.39 is 12.6 Å². The number of amides is 1. The maximum absolute atomic E-state index is 11.9. The van der Waals surface area contributed by atoms with Gasteiger partial charge in [0.05, 0.1) is 6.21 Å². The molecule has 0 fully saturated rings. The van der Waals surface area contributed by atoms with Crippen LogP contribution in [0.4, 0.5) is 0 Å². The Morgan fingerprint density at radius 2 is 1.87 bits per heavy atom. The Balaban J connectivity index is 2.01. The van der Waals surface area contributed by atoms with Crippen LogP contribution < -0.4 is 10.2 Å². The first-order valence-corrected chi connectivity index (χ1v) is 6.96. The van der Waals surface area contributed by atoms with Gasteiger partial charge in [0.25, 0.3) is 5.91 Å². The standard InChI is InChI=1S/C16H13ClN2O4/c17-13-7-5-11(6-8-13)16(22)19-18-9-12-3-1-2-4-14(12)23-10-15(20)21/h1-9H,10H2,(H,19,22)(H,20,21)/b18-9+. The van der Waals surface area contributed by atoms with Gasteiger partial charge in [-0.1, -0.05) is 23.7 Å². The van der Waals surface area contributed by atoms with Gasteiger partial charge in [0.15, 0.2) is 6.61 Å². The van der Waals surface area contributed by atoms with Gasteiger partial charge in [-0.25, -0.2) is 10.2 Å². The van der Waals surface area contributed by atoms with E-state index in [-0.39, 0.29) is 5.91 Å². The van der Waals surface area contributed by atoms with E-state index in [0.29, 0.717) is 21.9 Å². The van der Waals surface area contributed by atoms with Crippen LogP contribution in [0.15, 0.2) is 53.6 Å². The third kappa shape index (κ3) is 5.12. The van der Waals surface area contributed by atoms with Crippen LogP contribution in [0, 0.1) is 0 Å². The molecule has 6 nitrogen and oxygen atoms in total. The van der Waals surface area contributed by atoms with Crippen molar-refractivity contribution in [2.24, 2.45) is 5.10 Å². The molecule has 0 aliphatic carbocycles. The molecule has 0 aromatic heterocycles. The number of hydrogen-bond acceptors (Lipinski definition) is 4. The van der Waals surface area contributed by atoms with E-state index >= 15 is 0 Å². The molecule has 7 heteroatoms. The molecule has 2 rings (SSSR count). The van der Waals surface area contributed by atoms with E-state index in [4.69, 9.17) is 21.4 Å². The number of rotatable bonds is 6. The normalized spacial score (nSPS) is 10.5. The van der Waals surface area contributed by atoms with Crippen molar-refractivity contribution in [3.63, 3.8) is 0 Å². The topological polar surface area (TPSA) is 88.0 Å². The van der Waals surface area contributed by atoms with Crippen molar-refractivity contribution in [3.8, 4) is 5.75 Å². The highest BCUT2D eigenvalue weighted by atomic mass is 35.5. The summed E-state index contributed by atoms with van der Waals surface area (Å²) in [5.41, 5.74) is 3.34. The molecule has 0 spiro atoms. The summed E-state index contributed by atoms with van der Waals surface area (Å²) in [5.74, 6) is -1.10. The molecule has 118 valence electrons. The molecule has 0 bridgehead atoms. The van der Waals surface area contributed by atoms with Crippen LogP contribution in [-0.4, -0.2) is 29.8 Å². The zero-order valence-corrected chi connectivity index (χ0v) is 12.7. The predicted octanol–water partition coefficient (Wildman–Crippen LogP) is 2.57. The highest BCUT2D eigenvalue weighted by Crippen LogP contribution is 2.15. The fourth-order valence-corrected chi connectivity index (χ4v) is 1.81. The van der Waals surface area contributed by atoms with Gasteiger partial charge in [-0.2, -0.15) is 5.10 Å². The summed E-state index contributed by atoms with van der Waals surface area (Å²) in [6.07, 6.45) is 1.38. The lowest BCUT2D eigenvalue weighted by atomic mass is 10.2. The Hall–Kier alpha value is -2.86. The van der Waals surface area contributed by atoms with Gasteiger partial charge in [0, 0.05) is 16.1 Å². The number of benzene rings is 2. The van der Waals surface area contributed by atoms with Gasteiger partial charge >= 0.3 is 5.97 Å². The molecule has 0 aliphatic rings. The van der Waals surface area contributed by atoms with E-state index in [9.17, 15) is 9.59 Å². The molecule has 0 unspecified atom stereocenters. The third-order valence-electron chi connectivity index (χ3n) is 2.75. The monoisotopic (exact) mass is 332 g/mol. The minimum Gasteiger partial charge on any atom is -0.481 e. The summed E-state index contributed by atoms with van der Waals surface area (Å²) >= 11 is 5.75. The Bertz CT molecular complexity index is 729. The average molecular weight is 333 g/mol. The molecule has 1 amide bonds. The molecule has 0 radical (unpaired) electrons. The quantitative estimate of drug-likeness (QED) is 0.628. The van der Waals surface area contributed by atoms with Crippen LogP contribution in [0.2, 0.25) is 5.02 Å². The van der Waals surface area contributed by atoms with Crippen LogP contribution in [0.25, 0.3) is 0 Å². The Kier molecular flexibility index (Phi) is 5.71. The van der Waals surface area contributed by atoms with Gasteiger partial charge in [0.2, 0.25) is 0 Å². The van der Waals surface area contributed by atoms with E-state index in [1.807, 2.05) is 0 Å². The molecule has 0 saturated carbocycles. The molecule has 0 heterocycles. The van der Waals surface area contributed by atoms with Gasteiger partial charge in [-0.15, -0.1) is 0 Å². The van der Waals surface area contributed by atoms with Crippen LogP contribution in [-0.2, 0) is 4.79 Å². The lowest BCUT2D eigenvalue weighted by molar-refractivity contribution is -0.139. The number of hydrogen-bond donors (Lipinski definition) is 2. The summed E-state index contributed by atoms with van der Waals surface area (Å²) < 4.78 is 5.14. The fourth-order valence-electron chi connectivity index (χ4n) is 1.68. The van der Waals surface area contributed by atoms with Crippen molar-refractivity contribution in [1.82, 2.24) is 5.43 Å². The lowest BCUT2D eigenvalue weighted by Gasteiger charge is -2.06. The first-order valence-electron chi connectivity index (χ1n) is 6.59. The van der Waals surface area contributed by atoms with Gasteiger partial charge in [-0.05, 0) is 36.4 Å². The Labute approximate surface area is 137 Å². The number of nitrogens with zero attached hydrogens (tertiary/aromatic N) is 1. The second-order valence-corrected chi connectivity index (χ2v) is 4.86. The number of carbonyl (C=O) groups excluding carboxylic acids is 1. The fraction of sp³-hybridized carbons (Fsp3) is 0.0625. The average Bonchev–Trinajstić information content (AvgIpc) is 2.54. The van der Waals surface area contributed by atoms with E-state index in [2.05, 4.69) is 10.5 Å². The first kappa shape index (κ1) is 16.5. The minimum atomic E-state index is -1.08. The summed E-state index contributed by atoms with van der Waals surface area (Å²) in [6.45, 7) is -0.456. The number of halogens is 1. The Morgan fingerprint density at radius 3 is 2.57 bits per heavy atom. The van der Waals surface area contributed by atoms with E-state index in [0.717, 1.165) is 0 Å². The Morgan fingerprint density at radius 1 is 1.17 bits per heavy atom. The van der Waals surface area contributed by atoms with Crippen molar-refractivity contribution in [3.05, 3.63) is 64.7 Å². The third-order valence-corrected chi connectivity index (χ3v) is 3.00. The molecule has 0 atom stereocenters. The second-order valence-electron chi connectivity index (χ2n) is 4.43. The van der Waals surface area contributed by atoms with Crippen LogP contribution >= 0.6 is 11.6 Å². The number of aliphatic carboxylic acids is 1. The number of nitrogens with one attached hydrogen (secondary N) is 1. The number of para-hydroxylation sites is 1. The largest absolute Gasteiger partial charge is 0.481 e. The molecule has 2 aromatic rings. The zero-order valence-electron chi connectivity index (χ0n) is 11.9. The van der Waals surface area contributed by atoms with Crippen molar-refractivity contribution in [1.29, 1.82) is 0 Å². The number of carboxylic acids is 1. The highest BCUT2D eigenvalue weighted by molar-refractivity contribution is 6.30. The second kappa shape index (κ2) is 7.95. The van der Waals surface area contributed by atoms with E-state index in [1.165, 1.54) is 6.21 Å². The highest BCUT2D eigenvalue weighted by Gasteiger charge is 2.05. The predicted molar refractivity (Wildman–Crippen MR) is 86.1 cm³/mol. The van der Waals surface area contributed by atoms with Crippen molar-refractivity contribution in [2.75, 3.05) is 6.61 Å². The van der Waals surface area contributed by atoms with E-state index in [1.54, 1.807) is 48.5 Å². The zero-order chi connectivity index (χ0) is 16.7. The van der Waals surface area contributed by atoms with Crippen molar-refractivity contribution in [2.45, 2.75) is 0 Å². The maximum atomic E-state index is 11.9. The number of ether oxygens (including phenoxy) is 1. The molecule has 0 saturated heterocycles. The summed E-state index contributed by atoms with van der Waals surface area (Å²) in [4.78, 5) is 22.4. The molecule has 0 aliphatic heterocycles. The van der Waals surface area contributed by atoms with Crippen LogP contribution in [0.1, 0.15) is 15.9 Å².